The number of hydrogen-bond donors (Lipinski definition) is 2. The highest BCUT2D eigenvalue weighted by atomic mass is 127. The number of benzene rings is 1. The predicted octanol–water partition coefficient (Wildman–Crippen LogP) is 3.29. The summed E-state index contributed by atoms with van der Waals surface area (Å²) in [5.74, 6) is 0.175. The highest BCUT2D eigenvalue weighted by Crippen LogP contribution is 2.18. The van der Waals surface area contributed by atoms with Crippen LogP contribution in [0.5, 0.6) is 0 Å². The summed E-state index contributed by atoms with van der Waals surface area (Å²) in [4.78, 5) is 6.68. The van der Waals surface area contributed by atoms with E-state index in [0.29, 0.717) is 18.4 Å². The standard InChI is InChI=1S/C16H24F2N4.HI/c1-11(2)9-22-6-5-12(10-22)8-20-16(19)21-15-7-13(17)3-4-14(15)18;/h3-4,7,11-12H,5-6,8-10H2,1-2H3,(H3,19,20,21);1H. The fourth-order valence-corrected chi connectivity index (χ4v) is 2.74. The molecular formula is C16H25F2IN4. The molecule has 1 aromatic carbocycles. The lowest BCUT2D eigenvalue weighted by molar-refractivity contribution is 0.288. The van der Waals surface area contributed by atoms with Crippen LogP contribution in [0.15, 0.2) is 23.2 Å². The van der Waals surface area contributed by atoms with E-state index in [2.05, 4.69) is 29.1 Å². The average molecular weight is 438 g/mol. The molecule has 1 unspecified atom stereocenters. The molecule has 0 spiro atoms. The highest BCUT2D eigenvalue weighted by Gasteiger charge is 2.22. The van der Waals surface area contributed by atoms with Gasteiger partial charge in [0.15, 0.2) is 5.96 Å². The van der Waals surface area contributed by atoms with Crippen LogP contribution in [0.2, 0.25) is 0 Å². The van der Waals surface area contributed by atoms with Crippen molar-refractivity contribution in [2.75, 3.05) is 31.5 Å². The van der Waals surface area contributed by atoms with Gasteiger partial charge < -0.3 is 16.0 Å². The summed E-state index contributed by atoms with van der Waals surface area (Å²) in [7, 11) is 0. The van der Waals surface area contributed by atoms with Gasteiger partial charge in [0, 0.05) is 25.7 Å². The molecule has 2 rings (SSSR count). The van der Waals surface area contributed by atoms with Gasteiger partial charge in [0.1, 0.15) is 11.6 Å². The number of likely N-dealkylation sites (tertiary alicyclic amines) is 1. The van der Waals surface area contributed by atoms with Crippen LogP contribution in [-0.4, -0.2) is 37.0 Å². The van der Waals surface area contributed by atoms with E-state index in [-0.39, 0.29) is 35.6 Å². The van der Waals surface area contributed by atoms with Crippen molar-refractivity contribution in [3.63, 3.8) is 0 Å². The first-order valence-electron chi connectivity index (χ1n) is 7.68. The molecule has 1 aromatic rings. The van der Waals surface area contributed by atoms with Crippen molar-refractivity contribution in [3.05, 3.63) is 29.8 Å². The zero-order chi connectivity index (χ0) is 16.1. The van der Waals surface area contributed by atoms with Gasteiger partial charge in [-0.2, -0.15) is 0 Å². The van der Waals surface area contributed by atoms with E-state index in [0.717, 1.165) is 44.3 Å². The summed E-state index contributed by atoms with van der Waals surface area (Å²) < 4.78 is 26.6. The molecule has 130 valence electrons. The summed E-state index contributed by atoms with van der Waals surface area (Å²) in [6, 6.07) is 3.19. The molecule has 1 fully saturated rings. The molecule has 0 aromatic heterocycles. The first-order chi connectivity index (χ1) is 10.4. The lowest BCUT2D eigenvalue weighted by Gasteiger charge is -2.17. The summed E-state index contributed by atoms with van der Waals surface area (Å²) in [5, 5.41) is 2.62. The van der Waals surface area contributed by atoms with Crippen LogP contribution in [0, 0.1) is 23.5 Å². The van der Waals surface area contributed by atoms with Crippen molar-refractivity contribution < 1.29 is 8.78 Å². The van der Waals surface area contributed by atoms with Gasteiger partial charge in [0.25, 0.3) is 0 Å². The smallest absolute Gasteiger partial charge is 0.193 e. The largest absolute Gasteiger partial charge is 0.370 e. The number of halogens is 3. The van der Waals surface area contributed by atoms with Gasteiger partial charge in [-0.25, -0.2) is 8.78 Å². The maximum atomic E-state index is 13.5. The van der Waals surface area contributed by atoms with Crippen LogP contribution in [0.1, 0.15) is 20.3 Å². The van der Waals surface area contributed by atoms with E-state index in [1.165, 1.54) is 0 Å². The van der Waals surface area contributed by atoms with Crippen molar-refractivity contribution >= 4 is 35.6 Å². The van der Waals surface area contributed by atoms with Gasteiger partial charge in [-0.1, -0.05) is 13.8 Å². The van der Waals surface area contributed by atoms with Crippen LogP contribution in [0.25, 0.3) is 0 Å². The Bertz CT molecular complexity index is 537. The quantitative estimate of drug-likeness (QED) is 0.422. The summed E-state index contributed by atoms with van der Waals surface area (Å²) in [6.45, 7) is 8.22. The van der Waals surface area contributed by atoms with Crippen molar-refractivity contribution in [1.29, 1.82) is 0 Å². The van der Waals surface area contributed by atoms with Crippen molar-refractivity contribution in [2.45, 2.75) is 20.3 Å². The summed E-state index contributed by atoms with van der Waals surface area (Å²) in [5.41, 5.74) is 5.76. The van der Waals surface area contributed by atoms with Crippen LogP contribution in [0.4, 0.5) is 14.5 Å². The van der Waals surface area contributed by atoms with Gasteiger partial charge in [-0.05, 0) is 36.9 Å². The minimum atomic E-state index is -0.552. The third-order valence-electron chi connectivity index (χ3n) is 3.70. The number of nitrogens with two attached hydrogens (primary N) is 1. The Kier molecular flexibility index (Phi) is 8.18. The fraction of sp³-hybridized carbons (Fsp3) is 0.562. The second kappa shape index (κ2) is 9.36. The van der Waals surface area contributed by atoms with E-state index in [4.69, 9.17) is 5.73 Å². The Morgan fingerprint density at radius 2 is 2.17 bits per heavy atom. The molecule has 1 aliphatic heterocycles. The topological polar surface area (TPSA) is 53.6 Å². The molecule has 1 aliphatic rings. The van der Waals surface area contributed by atoms with Crippen LogP contribution in [-0.2, 0) is 0 Å². The molecule has 0 aliphatic carbocycles. The minimum absolute atomic E-state index is 0. The Morgan fingerprint density at radius 3 is 2.87 bits per heavy atom. The summed E-state index contributed by atoms with van der Waals surface area (Å²) >= 11 is 0. The van der Waals surface area contributed by atoms with Crippen LogP contribution >= 0.6 is 24.0 Å². The molecule has 1 atom stereocenters. The number of guanidine groups is 1. The van der Waals surface area contributed by atoms with E-state index in [1.807, 2.05) is 0 Å². The number of anilines is 1. The lowest BCUT2D eigenvalue weighted by Crippen LogP contribution is -2.27. The number of aliphatic imine (C=N–C) groups is 1. The van der Waals surface area contributed by atoms with Crippen LogP contribution < -0.4 is 11.1 Å². The molecular weight excluding hydrogens is 413 g/mol. The fourth-order valence-electron chi connectivity index (χ4n) is 2.74. The van der Waals surface area contributed by atoms with Gasteiger partial charge in [0.05, 0.1) is 5.69 Å². The Hall–Kier alpha value is -0.960. The molecule has 23 heavy (non-hydrogen) atoms. The number of rotatable bonds is 5. The normalized spacial score (nSPS) is 19.0. The van der Waals surface area contributed by atoms with Crippen molar-refractivity contribution in [3.8, 4) is 0 Å². The maximum Gasteiger partial charge on any atom is 0.193 e. The molecule has 1 saturated heterocycles. The zero-order valence-electron chi connectivity index (χ0n) is 13.6. The molecule has 3 N–H and O–H groups in total. The lowest BCUT2D eigenvalue weighted by atomic mass is 10.1. The molecule has 0 bridgehead atoms. The molecule has 0 saturated carbocycles. The van der Waals surface area contributed by atoms with E-state index < -0.39 is 11.6 Å². The predicted molar refractivity (Wildman–Crippen MR) is 101 cm³/mol. The maximum absolute atomic E-state index is 13.5. The summed E-state index contributed by atoms with van der Waals surface area (Å²) in [6.07, 6.45) is 1.10. The number of nitrogens with zero attached hydrogens (tertiary/aromatic N) is 2. The highest BCUT2D eigenvalue weighted by molar-refractivity contribution is 14.0. The van der Waals surface area contributed by atoms with Crippen molar-refractivity contribution in [2.24, 2.45) is 22.6 Å². The Balaban J connectivity index is 0.00000264. The third-order valence-corrected chi connectivity index (χ3v) is 3.70. The van der Waals surface area contributed by atoms with Gasteiger partial charge >= 0.3 is 0 Å². The first kappa shape index (κ1) is 20.1. The molecule has 0 amide bonds. The molecule has 1 heterocycles. The first-order valence-corrected chi connectivity index (χ1v) is 7.68. The van der Waals surface area contributed by atoms with Crippen LogP contribution in [0.3, 0.4) is 0 Å². The molecule has 7 heteroatoms. The number of hydrogen-bond acceptors (Lipinski definition) is 2. The minimum Gasteiger partial charge on any atom is -0.370 e. The Labute approximate surface area is 153 Å². The number of nitrogens with one attached hydrogen (secondary N) is 1. The molecule has 4 nitrogen and oxygen atoms in total. The third kappa shape index (κ3) is 6.58. The van der Waals surface area contributed by atoms with E-state index in [1.54, 1.807) is 0 Å². The SMILES string of the molecule is CC(C)CN1CCC(CN=C(N)Nc2cc(F)ccc2F)C1.I. The van der Waals surface area contributed by atoms with Gasteiger partial charge in [-0.3, -0.25) is 4.99 Å². The average Bonchev–Trinajstić information content (AvgIpc) is 2.87. The molecule has 0 radical (unpaired) electrons. The van der Waals surface area contributed by atoms with Gasteiger partial charge in [0.2, 0.25) is 0 Å². The van der Waals surface area contributed by atoms with E-state index >= 15 is 0 Å². The zero-order valence-corrected chi connectivity index (χ0v) is 15.9. The van der Waals surface area contributed by atoms with E-state index in [9.17, 15) is 8.78 Å². The second-order valence-electron chi connectivity index (χ2n) is 6.28. The van der Waals surface area contributed by atoms with Gasteiger partial charge in [-0.15, -0.1) is 24.0 Å². The Morgan fingerprint density at radius 1 is 1.43 bits per heavy atom. The monoisotopic (exact) mass is 438 g/mol. The van der Waals surface area contributed by atoms with Crippen molar-refractivity contribution in [1.82, 2.24) is 4.90 Å². The second-order valence-corrected chi connectivity index (χ2v) is 6.28.